The lowest BCUT2D eigenvalue weighted by Crippen LogP contribution is -2.22. The first-order chi connectivity index (χ1) is 18.6. The van der Waals surface area contributed by atoms with Crippen LogP contribution in [0.15, 0.2) is 36.7 Å². The zero-order valence-electron chi connectivity index (χ0n) is 22.9. The number of anilines is 4. The molecule has 1 amide bonds. The van der Waals surface area contributed by atoms with Crippen molar-refractivity contribution in [2.45, 2.75) is 20.0 Å². The van der Waals surface area contributed by atoms with E-state index in [-0.39, 0.29) is 17.2 Å². The predicted octanol–water partition coefficient (Wildman–Crippen LogP) is 2.43. The van der Waals surface area contributed by atoms with Crippen LogP contribution < -0.4 is 26.0 Å². The van der Waals surface area contributed by atoms with Crippen LogP contribution in [0.5, 0.6) is 5.75 Å². The third-order valence-corrected chi connectivity index (χ3v) is 5.66. The number of nitrogens with zero attached hydrogens (tertiary/aromatic N) is 6. The molecule has 1 aliphatic rings. The number of carbonyl (C=O) groups is 1. The van der Waals surface area contributed by atoms with Gasteiger partial charge in [0, 0.05) is 37.3 Å². The molecule has 4 N–H and O–H groups in total. The summed E-state index contributed by atoms with van der Waals surface area (Å²) in [7, 11) is 3.28. The number of hydrogen-bond donors (Lipinski definition) is 4. The summed E-state index contributed by atoms with van der Waals surface area (Å²) in [5.74, 6) is 0.775. The van der Waals surface area contributed by atoms with Gasteiger partial charge in [0.05, 0.1) is 29.7 Å². The van der Waals surface area contributed by atoms with Crippen molar-refractivity contribution in [1.82, 2.24) is 40.6 Å². The minimum atomic E-state index is -2.72. The molecule has 0 saturated heterocycles. The molecule has 5 rings (SSSR count). The lowest BCUT2D eigenvalue weighted by molar-refractivity contribution is 0.0958. The number of nitrogens with one attached hydrogen (secondary N) is 4. The Labute approximate surface area is 211 Å². The third-order valence-electron chi connectivity index (χ3n) is 5.66. The Morgan fingerprint density at radius 3 is 2.81 bits per heavy atom. The maximum absolute atomic E-state index is 12.9. The molecule has 1 aliphatic heterocycles. The number of methoxy groups -OCH3 is 1. The number of amides is 1. The van der Waals surface area contributed by atoms with Crippen LogP contribution in [0.1, 0.15) is 31.4 Å². The van der Waals surface area contributed by atoms with E-state index >= 15 is 0 Å². The van der Waals surface area contributed by atoms with Crippen LogP contribution in [0.4, 0.5) is 23.0 Å². The number of aromatic nitrogens is 6. The molecule has 0 atom stereocenters. The van der Waals surface area contributed by atoms with E-state index in [2.05, 4.69) is 41.2 Å². The van der Waals surface area contributed by atoms with E-state index in [0.29, 0.717) is 41.7 Å². The Kier molecular flexibility index (Phi) is 5.24. The van der Waals surface area contributed by atoms with Crippen molar-refractivity contribution in [2.75, 3.05) is 24.7 Å². The molecular weight excluding hydrogens is 460 g/mol. The zero-order chi connectivity index (χ0) is 27.7. The summed E-state index contributed by atoms with van der Waals surface area (Å²) >= 11 is 0. The van der Waals surface area contributed by atoms with Crippen molar-refractivity contribution >= 4 is 28.9 Å². The number of fused-ring (bicyclic) bond motifs is 6. The molecule has 4 aromatic rings. The lowest BCUT2D eigenvalue weighted by Gasteiger charge is -2.19. The maximum Gasteiger partial charge on any atom is 0.273 e. The second-order valence-electron chi connectivity index (χ2n) is 8.23. The molecule has 1 aromatic carbocycles. The van der Waals surface area contributed by atoms with Crippen molar-refractivity contribution in [2.24, 2.45) is 7.05 Å². The van der Waals surface area contributed by atoms with E-state index < -0.39 is 12.9 Å². The lowest BCUT2D eigenvalue weighted by atomic mass is 10.1. The first-order valence-electron chi connectivity index (χ1n) is 12.6. The van der Waals surface area contributed by atoms with E-state index in [4.69, 9.17) is 8.85 Å². The Morgan fingerprint density at radius 1 is 1.14 bits per heavy atom. The Balaban J connectivity index is 1.68. The van der Waals surface area contributed by atoms with Gasteiger partial charge in [0.25, 0.3) is 5.91 Å². The first kappa shape index (κ1) is 19.7. The van der Waals surface area contributed by atoms with E-state index in [9.17, 15) is 4.79 Å². The van der Waals surface area contributed by atoms with Gasteiger partial charge < -0.3 is 26.0 Å². The summed E-state index contributed by atoms with van der Waals surface area (Å²) in [5, 5.41) is 24.3. The molecule has 0 aliphatic carbocycles. The van der Waals surface area contributed by atoms with E-state index in [1.807, 2.05) is 36.5 Å². The van der Waals surface area contributed by atoms with E-state index in [1.165, 1.54) is 7.11 Å². The molecular formula is C24H26N10O2. The first-order valence-corrected chi connectivity index (χ1v) is 11.1. The van der Waals surface area contributed by atoms with Gasteiger partial charge in [0.15, 0.2) is 23.1 Å². The monoisotopic (exact) mass is 489 g/mol. The second kappa shape index (κ2) is 9.58. The molecule has 0 fully saturated rings. The Hall–Kier alpha value is -4.58. The van der Waals surface area contributed by atoms with Crippen molar-refractivity contribution in [3.8, 4) is 17.1 Å². The molecule has 12 heteroatoms. The normalized spacial score (nSPS) is 14.2. The van der Waals surface area contributed by atoms with E-state index in [1.54, 1.807) is 24.1 Å². The fourth-order valence-corrected chi connectivity index (χ4v) is 3.93. The fraction of sp³-hybridized carbons (Fsp3) is 0.250. The number of carbonyl (C=O) groups excluding carboxylic acids is 1. The summed E-state index contributed by atoms with van der Waals surface area (Å²) < 4.78 is 29.7. The summed E-state index contributed by atoms with van der Waals surface area (Å²) in [6.07, 6.45) is 1.59. The van der Waals surface area contributed by atoms with Gasteiger partial charge >= 0.3 is 0 Å². The molecule has 0 saturated carbocycles. The van der Waals surface area contributed by atoms with Gasteiger partial charge in [0.1, 0.15) is 12.1 Å². The molecule has 3 aromatic heterocycles. The quantitative estimate of drug-likeness (QED) is 0.339. The van der Waals surface area contributed by atoms with Crippen LogP contribution in [-0.2, 0) is 20.1 Å². The zero-order valence-corrected chi connectivity index (χ0v) is 19.9. The van der Waals surface area contributed by atoms with Crippen molar-refractivity contribution in [1.29, 1.82) is 0 Å². The van der Waals surface area contributed by atoms with Gasteiger partial charge in [-0.1, -0.05) is 6.07 Å². The van der Waals surface area contributed by atoms with Crippen LogP contribution in [0.25, 0.3) is 11.4 Å². The maximum atomic E-state index is 12.9. The van der Waals surface area contributed by atoms with Crippen molar-refractivity contribution < 1.29 is 13.6 Å². The molecule has 4 heterocycles. The summed E-state index contributed by atoms with van der Waals surface area (Å²) in [6, 6.07) is 9.10. The number of aryl methyl sites for hydroxylation is 2. The molecule has 36 heavy (non-hydrogen) atoms. The number of benzene rings is 1. The molecule has 0 unspecified atom stereocenters. The van der Waals surface area contributed by atoms with Crippen LogP contribution >= 0.6 is 0 Å². The number of ether oxygens (including phenoxy) is 1. The average Bonchev–Trinajstić information content (AvgIpc) is 3.30. The van der Waals surface area contributed by atoms with Crippen LogP contribution in [-0.4, -0.2) is 49.9 Å². The largest absolute Gasteiger partial charge is 0.494 e. The highest BCUT2D eigenvalue weighted by atomic mass is 16.5. The molecule has 6 bridgehead atoms. The van der Waals surface area contributed by atoms with Crippen LogP contribution in [0.3, 0.4) is 0 Å². The van der Waals surface area contributed by atoms with Gasteiger partial charge in [0.2, 0.25) is 0 Å². The topological polar surface area (TPSA) is 144 Å². The van der Waals surface area contributed by atoms with Gasteiger partial charge in [-0.3, -0.25) is 9.48 Å². The molecule has 12 nitrogen and oxygen atoms in total. The van der Waals surface area contributed by atoms with Crippen molar-refractivity contribution in [3.63, 3.8) is 0 Å². The van der Waals surface area contributed by atoms with Gasteiger partial charge in [-0.05, 0) is 36.2 Å². The molecule has 0 radical (unpaired) electrons. The van der Waals surface area contributed by atoms with E-state index in [0.717, 1.165) is 16.8 Å². The van der Waals surface area contributed by atoms with Gasteiger partial charge in [-0.25, -0.2) is 9.97 Å². The molecule has 0 spiro atoms. The fourth-order valence-electron chi connectivity index (χ4n) is 3.93. The average molecular weight is 490 g/mol. The number of pyridine rings is 1. The SMILES string of the molecule is [2H]C([2H])([2H])NC(=O)c1nnc2cc1Nc1cc(cc(-c3ncn(C)n3)c1OC)CNCc1nc(ccc1C)N2. The second-order valence-corrected chi connectivity index (χ2v) is 8.23. The standard InChI is InChI=1S/C24H26N10O2/c1-13-5-6-19-29-18(13)11-26-10-14-7-15(23-27-12-34(3)33-23)22(36-4)17(8-14)28-16-9-20(30-19)31-32-21(16)24(35)25-2/h5-9,12,26,28H,10-11H2,1-4H3,(H,25,35)(H,29,30,31)/i2D3. The highest BCUT2D eigenvalue weighted by Crippen LogP contribution is 2.39. The van der Waals surface area contributed by atoms with Gasteiger partial charge in [-0.15, -0.1) is 10.2 Å². The number of hydrogen-bond acceptors (Lipinski definition) is 10. The van der Waals surface area contributed by atoms with Crippen molar-refractivity contribution in [3.05, 3.63) is 59.2 Å². The highest BCUT2D eigenvalue weighted by molar-refractivity contribution is 5.99. The third kappa shape index (κ3) is 4.53. The minimum absolute atomic E-state index is 0.196. The minimum Gasteiger partial charge on any atom is -0.494 e. The van der Waals surface area contributed by atoms with Crippen LogP contribution in [0, 0.1) is 6.92 Å². The summed E-state index contributed by atoms with van der Waals surface area (Å²) in [4.78, 5) is 22.0. The summed E-state index contributed by atoms with van der Waals surface area (Å²) in [6.45, 7) is 0.253. The summed E-state index contributed by atoms with van der Waals surface area (Å²) in [5.41, 5.74) is 3.83. The molecule has 184 valence electrons. The smallest absolute Gasteiger partial charge is 0.273 e. The highest BCUT2D eigenvalue weighted by Gasteiger charge is 2.21. The Morgan fingerprint density at radius 2 is 2.03 bits per heavy atom. The number of rotatable bonds is 3. The van der Waals surface area contributed by atoms with Crippen LogP contribution in [0.2, 0.25) is 0 Å². The van der Waals surface area contributed by atoms with Gasteiger partial charge in [-0.2, -0.15) is 5.10 Å². The Bertz CT molecular complexity index is 1550. The predicted molar refractivity (Wildman–Crippen MR) is 134 cm³/mol.